The van der Waals surface area contributed by atoms with Crippen LogP contribution >= 0.6 is 0 Å². The Morgan fingerprint density at radius 1 is 1.29 bits per heavy atom. The summed E-state index contributed by atoms with van der Waals surface area (Å²) in [6, 6.07) is 10.8. The number of benzene rings is 1. The molecule has 3 aromatic rings. The fourth-order valence-electron chi connectivity index (χ4n) is 3.59. The molecular weight excluding hydrogens is 356 g/mol. The molecular formula is C21H22N4O3. The van der Waals surface area contributed by atoms with E-state index in [1.807, 2.05) is 30.3 Å². The molecule has 0 spiro atoms. The minimum absolute atomic E-state index is 0.143. The average Bonchev–Trinajstić information content (AvgIpc) is 3.24. The van der Waals surface area contributed by atoms with E-state index in [-0.39, 0.29) is 24.0 Å². The van der Waals surface area contributed by atoms with E-state index < -0.39 is 0 Å². The number of nitrogens with one attached hydrogen (secondary N) is 1. The van der Waals surface area contributed by atoms with Crippen LogP contribution in [-0.4, -0.2) is 39.0 Å². The second-order valence-electron chi connectivity index (χ2n) is 6.96. The summed E-state index contributed by atoms with van der Waals surface area (Å²) in [7, 11) is 1.59. The van der Waals surface area contributed by atoms with Gasteiger partial charge in [0, 0.05) is 18.6 Å². The van der Waals surface area contributed by atoms with Gasteiger partial charge in [-0.2, -0.15) is 5.10 Å². The SMILES string of the molecule is COc1cncc([C@H](NC(=O)c2ccccc2-n2cccn2)C2CC(O)C2)c1. The van der Waals surface area contributed by atoms with Gasteiger partial charge in [0.2, 0.25) is 0 Å². The van der Waals surface area contributed by atoms with Gasteiger partial charge in [0.15, 0.2) is 0 Å². The van der Waals surface area contributed by atoms with Crippen LogP contribution in [0.4, 0.5) is 0 Å². The lowest BCUT2D eigenvalue weighted by molar-refractivity contribution is 0.0234. The molecule has 1 aliphatic rings. The van der Waals surface area contributed by atoms with Gasteiger partial charge in [-0.05, 0) is 48.6 Å². The van der Waals surface area contributed by atoms with Crippen molar-refractivity contribution in [2.24, 2.45) is 5.92 Å². The number of amides is 1. The number of carbonyl (C=O) groups is 1. The van der Waals surface area contributed by atoms with Gasteiger partial charge in [-0.3, -0.25) is 9.78 Å². The van der Waals surface area contributed by atoms with E-state index in [0.29, 0.717) is 29.8 Å². The Balaban J connectivity index is 1.63. The van der Waals surface area contributed by atoms with Gasteiger partial charge >= 0.3 is 0 Å². The highest BCUT2D eigenvalue weighted by molar-refractivity contribution is 5.98. The summed E-state index contributed by atoms with van der Waals surface area (Å²) in [5, 5.41) is 17.1. The summed E-state index contributed by atoms with van der Waals surface area (Å²) in [5.74, 6) is 0.582. The molecule has 0 unspecified atom stereocenters. The van der Waals surface area contributed by atoms with E-state index in [1.54, 1.807) is 42.6 Å². The van der Waals surface area contributed by atoms with Crippen LogP contribution in [0, 0.1) is 5.92 Å². The van der Waals surface area contributed by atoms with Crippen LogP contribution in [0.2, 0.25) is 0 Å². The zero-order valence-electron chi connectivity index (χ0n) is 15.5. The number of hydrogen-bond donors (Lipinski definition) is 2. The zero-order valence-corrected chi connectivity index (χ0v) is 15.5. The molecule has 0 aliphatic heterocycles. The van der Waals surface area contributed by atoms with E-state index in [2.05, 4.69) is 15.4 Å². The van der Waals surface area contributed by atoms with Crippen LogP contribution in [-0.2, 0) is 0 Å². The Kier molecular flexibility index (Phi) is 5.08. The van der Waals surface area contributed by atoms with Crippen molar-refractivity contribution in [2.45, 2.75) is 25.0 Å². The monoisotopic (exact) mass is 378 g/mol. The Morgan fingerprint density at radius 2 is 2.11 bits per heavy atom. The molecule has 7 heteroatoms. The lowest BCUT2D eigenvalue weighted by Crippen LogP contribution is -2.41. The number of para-hydroxylation sites is 1. The predicted octanol–water partition coefficient (Wildman–Crippen LogP) is 2.52. The Labute approximate surface area is 163 Å². The molecule has 0 bridgehead atoms. The first-order valence-electron chi connectivity index (χ1n) is 9.22. The molecule has 7 nitrogen and oxygen atoms in total. The summed E-state index contributed by atoms with van der Waals surface area (Å²) < 4.78 is 6.95. The van der Waals surface area contributed by atoms with E-state index in [9.17, 15) is 9.90 Å². The maximum Gasteiger partial charge on any atom is 0.253 e. The van der Waals surface area contributed by atoms with Crippen molar-refractivity contribution in [1.29, 1.82) is 0 Å². The highest BCUT2D eigenvalue weighted by Gasteiger charge is 2.36. The number of nitrogens with zero attached hydrogens (tertiary/aromatic N) is 3. The number of aliphatic hydroxyl groups excluding tert-OH is 1. The normalized spacial score (nSPS) is 19.5. The molecule has 1 aromatic carbocycles. The van der Waals surface area contributed by atoms with Crippen molar-refractivity contribution in [3.8, 4) is 11.4 Å². The summed E-state index contributed by atoms with van der Waals surface area (Å²) in [6.45, 7) is 0. The first kappa shape index (κ1) is 18.2. The molecule has 2 heterocycles. The average molecular weight is 378 g/mol. The molecule has 1 aliphatic carbocycles. The Hall–Kier alpha value is -3.19. The topological polar surface area (TPSA) is 89.3 Å². The highest BCUT2D eigenvalue weighted by Crippen LogP contribution is 2.38. The first-order chi connectivity index (χ1) is 13.7. The van der Waals surface area contributed by atoms with E-state index in [1.165, 1.54) is 0 Å². The van der Waals surface area contributed by atoms with Crippen LogP contribution in [0.1, 0.15) is 34.8 Å². The molecule has 1 saturated carbocycles. The number of carbonyl (C=O) groups excluding carboxylic acids is 1. The number of hydrogen-bond acceptors (Lipinski definition) is 5. The van der Waals surface area contributed by atoms with Crippen LogP contribution in [0.3, 0.4) is 0 Å². The maximum atomic E-state index is 13.2. The molecule has 4 rings (SSSR count). The van der Waals surface area contributed by atoms with Crippen molar-refractivity contribution in [3.05, 3.63) is 72.3 Å². The number of rotatable bonds is 6. The third-order valence-electron chi connectivity index (χ3n) is 5.14. The fourth-order valence-corrected chi connectivity index (χ4v) is 3.59. The summed E-state index contributed by atoms with van der Waals surface area (Å²) in [5.41, 5.74) is 2.11. The lowest BCUT2D eigenvalue weighted by atomic mass is 9.75. The standard InChI is InChI=1S/C21H22N4O3/c1-28-17-11-15(12-22-13-17)20(14-9-16(26)10-14)24-21(27)18-5-2-3-6-19(18)25-8-4-7-23-25/h2-8,11-14,16,20,26H,9-10H2,1H3,(H,24,27)/t14?,16?,20-/m1/s1. The largest absolute Gasteiger partial charge is 0.495 e. The number of pyridine rings is 1. The van der Waals surface area contributed by atoms with Crippen molar-refractivity contribution in [1.82, 2.24) is 20.1 Å². The van der Waals surface area contributed by atoms with Crippen molar-refractivity contribution in [2.75, 3.05) is 7.11 Å². The first-order valence-corrected chi connectivity index (χ1v) is 9.22. The predicted molar refractivity (Wildman–Crippen MR) is 103 cm³/mol. The quantitative estimate of drug-likeness (QED) is 0.688. The third-order valence-corrected chi connectivity index (χ3v) is 5.14. The van der Waals surface area contributed by atoms with Gasteiger partial charge < -0.3 is 15.2 Å². The van der Waals surface area contributed by atoms with Crippen LogP contribution in [0.5, 0.6) is 5.75 Å². The summed E-state index contributed by atoms with van der Waals surface area (Å²) in [6.07, 6.45) is 7.81. The zero-order chi connectivity index (χ0) is 19.5. The van der Waals surface area contributed by atoms with Gasteiger partial charge in [-0.15, -0.1) is 0 Å². The lowest BCUT2D eigenvalue weighted by Gasteiger charge is -2.38. The number of methoxy groups -OCH3 is 1. The smallest absolute Gasteiger partial charge is 0.253 e. The fraction of sp³-hybridized carbons (Fsp3) is 0.286. The molecule has 1 fully saturated rings. The molecule has 2 N–H and O–H groups in total. The van der Waals surface area contributed by atoms with Crippen LogP contribution in [0.25, 0.3) is 5.69 Å². The van der Waals surface area contributed by atoms with Crippen molar-refractivity contribution in [3.63, 3.8) is 0 Å². The van der Waals surface area contributed by atoms with Gasteiger partial charge in [0.25, 0.3) is 5.91 Å². The van der Waals surface area contributed by atoms with E-state index in [4.69, 9.17) is 4.74 Å². The third kappa shape index (κ3) is 3.61. The molecule has 1 atom stereocenters. The molecule has 2 aromatic heterocycles. The molecule has 0 saturated heterocycles. The number of ether oxygens (including phenoxy) is 1. The Morgan fingerprint density at radius 3 is 2.82 bits per heavy atom. The summed E-state index contributed by atoms with van der Waals surface area (Å²) in [4.78, 5) is 17.4. The van der Waals surface area contributed by atoms with Crippen LogP contribution in [0.15, 0.2) is 61.2 Å². The molecule has 28 heavy (non-hydrogen) atoms. The van der Waals surface area contributed by atoms with Gasteiger partial charge in [-0.25, -0.2) is 4.68 Å². The van der Waals surface area contributed by atoms with Crippen LogP contribution < -0.4 is 10.1 Å². The van der Waals surface area contributed by atoms with Crippen molar-refractivity contribution < 1.29 is 14.6 Å². The highest BCUT2D eigenvalue weighted by atomic mass is 16.5. The Bertz CT molecular complexity index is 952. The second kappa shape index (κ2) is 7.82. The maximum absolute atomic E-state index is 13.2. The molecule has 0 radical (unpaired) electrons. The second-order valence-corrected chi connectivity index (χ2v) is 6.96. The van der Waals surface area contributed by atoms with Gasteiger partial charge in [0.1, 0.15) is 5.75 Å². The molecule has 144 valence electrons. The van der Waals surface area contributed by atoms with E-state index in [0.717, 1.165) is 5.56 Å². The number of aromatic nitrogens is 3. The van der Waals surface area contributed by atoms with Gasteiger partial charge in [-0.1, -0.05) is 12.1 Å². The van der Waals surface area contributed by atoms with E-state index >= 15 is 0 Å². The summed E-state index contributed by atoms with van der Waals surface area (Å²) >= 11 is 0. The number of aliphatic hydroxyl groups is 1. The minimum Gasteiger partial charge on any atom is -0.495 e. The van der Waals surface area contributed by atoms with Gasteiger partial charge in [0.05, 0.1) is 36.7 Å². The molecule has 1 amide bonds. The van der Waals surface area contributed by atoms with Crippen molar-refractivity contribution >= 4 is 5.91 Å². The minimum atomic E-state index is -0.320.